The monoisotopic (exact) mass is 249 g/mol. The van der Waals surface area contributed by atoms with E-state index in [1.165, 1.54) is 6.07 Å². The van der Waals surface area contributed by atoms with Crippen molar-refractivity contribution in [2.75, 3.05) is 12.8 Å². The summed E-state index contributed by atoms with van der Waals surface area (Å²) < 4.78 is 49.9. The van der Waals surface area contributed by atoms with Crippen molar-refractivity contribution in [1.82, 2.24) is 4.72 Å². The predicted molar refractivity (Wildman–Crippen MR) is 57.6 cm³/mol. The van der Waals surface area contributed by atoms with Crippen molar-refractivity contribution in [3.63, 3.8) is 0 Å². The Labute approximate surface area is 93.5 Å². The van der Waals surface area contributed by atoms with E-state index in [2.05, 4.69) is 4.72 Å². The number of hydrogen-bond acceptors (Lipinski definition) is 2. The molecule has 0 saturated heterocycles. The maximum atomic E-state index is 13.3. The van der Waals surface area contributed by atoms with Crippen molar-refractivity contribution in [2.45, 2.75) is 12.8 Å². The fourth-order valence-electron chi connectivity index (χ4n) is 1.29. The van der Waals surface area contributed by atoms with Crippen LogP contribution in [0.4, 0.5) is 8.78 Å². The van der Waals surface area contributed by atoms with Crippen molar-refractivity contribution in [3.8, 4) is 0 Å². The number of nitrogens with one attached hydrogen (secondary N) is 1. The Balaban J connectivity index is 2.77. The van der Waals surface area contributed by atoms with Crippen LogP contribution < -0.4 is 4.72 Å². The molecule has 1 aromatic rings. The molecule has 0 spiro atoms. The molecular formula is C10H13F2NO2S. The van der Waals surface area contributed by atoms with Gasteiger partial charge in [-0.25, -0.2) is 21.9 Å². The zero-order chi connectivity index (χ0) is 12.3. The third kappa shape index (κ3) is 3.86. The molecule has 90 valence electrons. The Kier molecular flexibility index (Phi) is 3.98. The van der Waals surface area contributed by atoms with Crippen LogP contribution in [0.2, 0.25) is 0 Å². The summed E-state index contributed by atoms with van der Waals surface area (Å²) >= 11 is 0. The summed E-state index contributed by atoms with van der Waals surface area (Å²) in [6, 6.07) is 3.25. The minimum atomic E-state index is -3.29. The van der Waals surface area contributed by atoms with Crippen molar-refractivity contribution >= 4 is 10.0 Å². The Morgan fingerprint density at radius 1 is 1.38 bits per heavy atom. The molecule has 6 heteroatoms. The minimum Gasteiger partial charge on any atom is -0.215 e. The molecule has 0 aliphatic heterocycles. The Morgan fingerprint density at radius 3 is 2.50 bits per heavy atom. The summed E-state index contributed by atoms with van der Waals surface area (Å²) in [5.74, 6) is -1.66. The van der Waals surface area contributed by atoms with Crippen LogP contribution in [0, 0.1) is 11.6 Å². The lowest BCUT2D eigenvalue weighted by Gasteiger charge is -2.12. The van der Waals surface area contributed by atoms with Crippen LogP contribution in [0.1, 0.15) is 18.4 Å². The number of sulfonamides is 1. The highest BCUT2D eigenvalue weighted by molar-refractivity contribution is 7.88. The van der Waals surface area contributed by atoms with Crippen molar-refractivity contribution in [2.24, 2.45) is 0 Å². The van der Waals surface area contributed by atoms with Gasteiger partial charge in [0, 0.05) is 12.6 Å². The molecule has 0 saturated carbocycles. The molecule has 0 aromatic heterocycles. The quantitative estimate of drug-likeness (QED) is 0.881. The molecule has 0 aliphatic rings. The Morgan fingerprint density at radius 2 is 2.00 bits per heavy atom. The van der Waals surface area contributed by atoms with E-state index in [1.54, 1.807) is 6.92 Å². The summed E-state index contributed by atoms with van der Waals surface area (Å²) in [4.78, 5) is 0. The van der Waals surface area contributed by atoms with Gasteiger partial charge < -0.3 is 0 Å². The second-order valence-electron chi connectivity index (χ2n) is 3.69. The first-order valence-corrected chi connectivity index (χ1v) is 6.58. The van der Waals surface area contributed by atoms with E-state index in [0.29, 0.717) is 0 Å². The van der Waals surface area contributed by atoms with Crippen molar-refractivity contribution in [1.29, 1.82) is 0 Å². The molecular weight excluding hydrogens is 236 g/mol. The normalized spacial score (nSPS) is 13.8. The summed E-state index contributed by atoms with van der Waals surface area (Å²) in [6.07, 6.45) is 1.03. The zero-order valence-electron chi connectivity index (χ0n) is 9.00. The summed E-state index contributed by atoms with van der Waals surface area (Å²) in [7, 11) is -3.29. The molecule has 3 nitrogen and oxygen atoms in total. The standard InChI is InChI=1S/C10H13F2NO2S/c1-7(6-13-16(2,14)15)9-4-3-8(11)5-10(9)12/h3-5,7,13H,6H2,1-2H3. The van der Waals surface area contributed by atoms with Gasteiger partial charge in [-0.2, -0.15) is 0 Å². The third-order valence-corrected chi connectivity index (χ3v) is 2.84. The fraction of sp³-hybridized carbons (Fsp3) is 0.400. The van der Waals surface area contributed by atoms with Gasteiger partial charge in [0.1, 0.15) is 11.6 Å². The molecule has 1 rings (SSSR count). The molecule has 0 aliphatic carbocycles. The van der Waals surface area contributed by atoms with E-state index in [9.17, 15) is 17.2 Å². The van der Waals surface area contributed by atoms with Crippen LogP contribution in [0.15, 0.2) is 18.2 Å². The highest BCUT2D eigenvalue weighted by Crippen LogP contribution is 2.19. The number of benzene rings is 1. The molecule has 0 amide bonds. The smallest absolute Gasteiger partial charge is 0.208 e. The third-order valence-electron chi connectivity index (χ3n) is 2.15. The van der Waals surface area contributed by atoms with E-state index in [4.69, 9.17) is 0 Å². The lowest BCUT2D eigenvalue weighted by atomic mass is 10.0. The van der Waals surface area contributed by atoms with E-state index in [-0.39, 0.29) is 18.0 Å². The van der Waals surface area contributed by atoms with Gasteiger partial charge in [-0.05, 0) is 17.5 Å². The number of hydrogen-bond donors (Lipinski definition) is 1. The topological polar surface area (TPSA) is 46.2 Å². The predicted octanol–water partition coefficient (Wildman–Crippen LogP) is 1.62. The van der Waals surface area contributed by atoms with E-state index in [1.807, 2.05) is 0 Å². The molecule has 0 radical (unpaired) electrons. The highest BCUT2D eigenvalue weighted by atomic mass is 32.2. The Bertz CT molecular complexity index is 474. The lowest BCUT2D eigenvalue weighted by molar-refractivity contribution is 0.550. The van der Waals surface area contributed by atoms with Crippen LogP contribution in [0.3, 0.4) is 0 Å². The first kappa shape index (κ1) is 13.1. The number of halogens is 2. The first-order chi connectivity index (χ1) is 7.29. The second-order valence-corrected chi connectivity index (χ2v) is 5.52. The highest BCUT2D eigenvalue weighted by Gasteiger charge is 2.13. The molecule has 0 fully saturated rings. The van der Waals surface area contributed by atoms with Crippen LogP contribution in [0.5, 0.6) is 0 Å². The average Bonchev–Trinajstić information content (AvgIpc) is 2.13. The molecule has 1 aromatic carbocycles. The van der Waals surface area contributed by atoms with E-state index >= 15 is 0 Å². The lowest BCUT2D eigenvalue weighted by Crippen LogP contribution is -2.26. The summed E-state index contributed by atoms with van der Waals surface area (Å²) in [5.41, 5.74) is 0.289. The van der Waals surface area contributed by atoms with Gasteiger partial charge in [0.05, 0.1) is 6.26 Å². The fourth-order valence-corrected chi connectivity index (χ4v) is 1.84. The maximum Gasteiger partial charge on any atom is 0.208 e. The molecule has 1 unspecified atom stereocenters. The van der Waals surface area contributed by atoms with E-state index in [0.717, 1.165) is 18.4 Å². The summed E-state index contributed by atoms with van der Waals surface area (Å²) in [5, 5.41) is 0. The van der Waals surface area contributed by atoms with Crippen molar-refractivity contribution < 1.29 is 17.2 Å². The number of rotatable bonds is 4. The molecule has 16 heavy (non-hydrogen) atoms. The van der Waals surface area contributed by atoms with Crippen LogP contribution >= 0.6 is 0 Å². The largest absolute Gasteiger partial charge is 0.215 e. The minimum absolute atomic E-state index is 0.0847. The van der Waals surface area contributed by atoms with Gasteiger partial charge in [-0.1, -0.05) is 13.0 Å². The van der Waals surface area contributed by atoms with Gasteiger partial charge >= 0.3 is 0 Å². The molecule has 0 bridgehead atoms. The SMILES string of the molecule is CC(CNS(C)(=O)=O)c1ccc(F)cc1F. The summed E-state index contributed by atoms with van der Waals surface area (Å²) in [6.45, 7) is 1.75. The van der Waals surface area contributed by atoms with Gasteiger partial charge in [0.25, 0.3) is 0 Å². The van der Waals surface area contributed by atoms with Gasteiger partial charge in [0.2, 0.25) is 10.0 Å². The Hall–Kier alpha value is -1.01. The van der Waals surface area contributed by atoms with Gasteiger partial charge in [0.15, 0.2) is 0 Å². The van der Waals surface area contributed by atoms with Crippen LogP contribution in [0.25, 0.3) is 0 Å². The van der Waals surface area contributed by atoms with E-state index < -0.39 is 21.7 Å². The molecule has 1 atom stereocenters. The molecule has 0 heterocycles. The maximum absolute atomic E-state index is 13.3. The van der Waals surface area contributed by atoms with Gasteiger partial charge in [-0.3, -0.25) is 0 Å². The second kappa shape index (κ2) is 4.88. The van der Waals surface area contributed by atoms with Crippen molar-refractivity contribution in [3.05, 3.63) is 35.4 Å². The average molecular weight is 249 g/mol. The van der Waals surface area contributed by atoms with Crippen LogP contribution in [-0.4, -0.2) is 21.2 Å². The molecule has 1 N–H and O–H groups in total. The first-order valence-electron chi connectivity index (χ1n) is 4.69. The zero-order valence-corrected chi connectivity index (χ0v) is 9.81. The van der Waals surface area contributed by atoms with Gasteiger partial charge in [-0.15, -0.1) is 0 Å². The van der Waals surface area contributed by atoms with Crippen LogP contribution in [-0.2, 0) is 10.0 Å².